The fourth-order valence-electron chi connectivity index (χ4n) is 14.8. The Morgan fingerprint density at radius 1 is 0.920 bits per heavy atom. The van der Waals surface area contributed by atoms with Crippen LogP contribution in [0.4, 0.5) is 0 Å². The number of benzene rings is 2. The molecule has 3 heterocycles. The Labute approximate surface area is 452 Å². The molecule has 0 aromatic heterocycles. The molecule has 0 radical (unpaired) electrons. The first-order chi connectivity index (χ1) is 36.3. The average molecular weight is 1080 g/mol. The van der Waals surface area contributed by atoms with Crippen molar-refractivity contribution in [2.24, 2.45) is 46.3 Å². The predicted molar refractivity (Wildman–Crippen MR) is 291 cm³/mol. The maximum absolute atomic E-state index is 12.8. The van der Waals surface area contributed by atoms with Crippen LogP contribution >= 0.6 is 21.6 Å². The Hall–Kier alpha value is -3.15. The van der Waals surface area contributed by atoms with E-state index >= 15 is 0 Å². The molecule has 9 N–H and O–H groups in total. The van der Waals surface area contributed by atoms with Crippen LogP contribution in [0.5, 0.6) is 28.7 Å². The lowest BCUT2D eigenvalue weighted by Crippen LogP contribution is -2.62. The van der Waals surface area contributed by atoms with Crippen LogP contribution in [0.15, 0.2) is 24.3 Å². The highest BCUT2D eigenvalue weighted by molar-refractivity contribution is 8.76. The number of nitrogens with one attached hydrogen (secondary N) is 2. The Bertz CT molecular complexity index is 2240. The Morgan fingerprint density at radius 2 is 1.72 bits per heavy atom. The van der Waals surface area contributed by atoms with Crippen LogP contribution in [0, 0.1) is 58.2 Å². The Morgan fingerprint density at radius 3 is 2.47 bits per heavy atom. The van der Waals surface area contributed by atoms with Gasteiger partial charge in [0.15, 0.2) is 23.0 Å². The molecule has 2 spiro atoms. The summed E-state index contributed by atoms with van der Waals surface area (Å²) in [5.41, 5.74) is 1.99. The molecule has 2 aromatic carbocycles. The van der Waals surface area contributed by atoms with E-state index in [9.17, 15) is 40.5 Å². The molecule has 6 aliphatic rings. The highest BCUT2D eigenvalue weighted by atomic mass is 33.1. The van der Waals surface area contributed by atoms with Crippen molar-refractivity contribution in [1.29, 1.82) is 0 Å². The van der Waals surface area contributed by atoms with E-state index in [0.717, 1.165) is 94.8 Å². The minimum absolute atomic E-state index is 0.0191. The fraction of sp³-hybridized carbons (Fsp3) is 0.741. The second kappa shape index (κ2) is 26.7. The summed E-state index contributed by atoms with van der Waals surface area (Å²) in [5.74, 6) is 9.41. The monoisotopic (exact) mass is 1080 g/mol. The van der Waals surface area contributed by atoms with Crippen LogP contribution in [-0.4, -0.2) is 138 Å². The summed E-state index contributed by atoms with van der Waals surface area (Å²) in [6.45, 7) is 4.09. The SMILES string of the molecule is COCCCC1NC(=O)CC1C(O)CC1CCC23CC(Oc4cc5c(cc4O)C(CCO)SSCC(O)C(Cc4cc(OC)c(O)c(OC)c4)C(O)CC(OCO)CC5)CCC2CNCCC#CC32CC(C)CCC12. The molecule has 2 aromatic rings. The highest BCUT2D eigenvalue weighted by Crippen LogP contribution is 2.69. The van der Waals surface area contributed by atoms with Gasteiger partial charge in [0.05, 0.1) is 44.7 Å². The van der Waals surface area contributed by atoms with Crippen LogP contribution in [0.2, 0.25) is 0 Å². The van der Waals surface area contributed by atoms with E-state index in [1.807, 2.05) is 6.07 Å². The first-order valence-corrected chi connectivity index (χ1v) is 30.3. The van der Waals surface area contributed by atoms with Gasteiger partial charge in [-0.05, 0) is 173 Å². The molecule has 1 amide bonds. The second-order valence-corrected chi connectivity index (χ2v) is 25.4. The second-order valence-electron chi connectivity index (χ2n) is 22.8. The van der Waals surface area contributed by atoms with Gasteiger partial charge in [-0.3, -0.25) is 4.79 Å². The average Bonchev–Trinajstić information content (AvgIpc) is 3.81. The van der Waals surface area contributed by atoms with Crippen molar-refractivity contribution in [3.63, 3.8) is 0 Å². The third-order valence-electron chi connectivity index (χ3n) is 18.4. The first-order valence-electron chi connectivity index (χ1n) is 27.9. The number of rotatable bonds is 17. The lowest BCUT2D eigenvalue weighted by atomic mass is 9.38. The molecule has 418 valence electrons. The van der Waals surface area contributed by atoms with Crippen molar-refractivity contribution in [2.45, 2.75) is 164 Å². The summed E-state index contributed by atoms with van der Waals surface area (Å²) in [4.78, 5) is 12.8. The third-order valence-corrected chi connectivity index (χ3v) is 21.3. The lowest BCUT2D eigenvalue weighted by Gasteiger charge is -2.65. The minimum Gasteiger partial charge on any atom is -0.504 e. The number of carbonyl (C=O) groups is 1. The smallest absolute Gasteiger partial charge is 0.220 e. The topological polar surface area (TPSA) is 229 Å². The van der Waals surface area contributed by atoms with E-state index in [1.165, 1.54) is 35.8 Å². The summed E-state index contributed by atoms with van der Waals surface area (Å²) in [5, 5.41) is 85.7. The maximum atomic E-state index is 12.8. The van der Waals surface area contributed by atoms with Crippen molar-refractivity contribution < 1.29 is 64.2 Å². The molecule has 15 atom stereocenters. The Kier molecular flexibility index (Phi) is 20.6. The molecule has 3 saturated carbocycles. The van der Waals surface area contributed by atoms with Crippen molar-refractivity contribution in [3.05, 3.63) is 41.0 Å². The molecule has 3 aliphatic carbocycles. The van der Waals surface area contributed by atoms with E-state index in [-0.39, 0.29) is 94.2 Å². The molecular formula is C58H86N2O13S2. The standard InChI is InChI=1S/C58H86N2O13S2/c1-35-9-14-45-38(25-47(63)43-29-55(67)60-46(43)8-7-21-69-2)15-18-57-31-41(13-11-39(57)32-59-19-6-5-17-58(45,57)30-35)73-51-26-37-10-12-40(72-34-62)27-48(64)44(22-36-23-52(70-3)56(68)53(24-36)71-4)50(66)33-74-75-54(16-20-61)42(37)28-49(51)65/h23-24,26,28,35,38-41,43-48,50,54,59,61-66,68H,6-16,18-22,25,27,29-34H2,1-4H3,(H,60,67). The number of hydrogen-bond donors (Lipinski definition) is 9. The quantitative estimate of drug-likeness (QED) is 0.0330. The normalized spacial score (nSPS) is 34.8. The van der Waals surface area contributed by atoms with E-state index < -0.39 is 37.1 Å². The van der Waals surface area contributed by atoms with Gasteiger partial charge in [-0.25, -0.2) is 0 Å². The molecule has 3 aliphatic heterocycles. The third kappa shape index (κ3) is 13.1. The lowest BCUT2D eigenvalue weighted by molar-refractivity contribution is -0.160. The fourth-order valence-corrected chi connectivity index (χ4v) is 17.7. The summed E-state index contributed by atoms with van der Waals surface area (Å²) in [6, 6.07) is 7.02. The van der Waals surface area contributed by atoms with Gasteiger partial charge in [-0.2, -0.15) is 0 Å². The summed E-state index contributed by atoms with van der Waals surface area (Å²) in [7, 11) is 7.55. The largest absolute Gasteiger partial charge is 0.504 e. The molecular weight excluding hydrogens is 997 g/mol. The molecule has 1 saturated heterocycles. The minimum atomic E-state index is -1.04. The van der Waals surface area contributed by atoms with Crippen LogP contribution in [0.1, 0.15) is 132 Å². The number of ether oxygens (including phenoxy) is 5. The van der Waals surface area contributed by atoms with E-state index in [0.29, 0.717) is 67.8 Å². The zero-order valence-corrected chi connectivity index (χ0v) is 46.3. The molecule has 17 heteroatoms. The summed E-state index contributed by atoms with van der Waals surface area (Å²) in [6.07, 6.45) is 9.29. The van der Waals surface area contributed by atoms with Crippen molar-refractivity contribution in [2.75, 3.05) is 60.2 Å². The number of hydrogen-bond acceptors (Lipinski definition) is 16. The van der Waals surface area contributed by atoms with Gasteiger partial charge in [0.25, 0.3) is 0 Å². The molecule has 15 unspecified atom stereocenters. The van der Waals surface area contributed by atoms with Crippen LogP contribution in [0.25, 0.3) is 0 Å². The van der Waals surface area contributed by atoms with E-state index in [4.69, 9.17) is 23.7 Å². The Balaban J connectivity index is 1.06. The number of fused-ring (bicyclic) bond motifs is 1. The van der Waals surface area contributed by atoms with Gasteiger partial charge >= 0.3 is 0 Å². The van der Waals surface area contributed by atoms with Gasteiger partial charge in [-0.1, -0.05) is 40.9 Å². The zero-order valence-electron chi connectivity index (χ0n) is 44.7. The number of phenolic OH excluding ortho intramolecular Hbond substituents is 2. The first kappa shape index (κ1) is 58.0. The number of methoxy groups -OCH3 is 3. The van der Waals surface area contributed by atoms with Crippen LogP contribution in [0.3, 0.4) is 0 Å². The number of phenols is 2. The molecule has 75 heavy (non-hydrogen) atoms. The highest BCUT2D eigenvalue weighted by Gasteiger charge is 2.65. The summed E-state index contributed by atoms with van der Waals surface area (Å²) >= 11 is 0. The number of amides is 1. The van der Waals surface area contributed by atoms with Gasteiger partial charge in [-0.15, -0.1) is 5.92 Å². The van der Waals surface area contributed by atoms with Gasteiger partial charge in [0.1, 0.15) is 6.79 Å². The van der Waals surface area contributed by atoms with E-state index in [2.05, 4.69) is 29.4 Å². The van der Waals surface area contributed by atoms with Crippen LogP contribution in [-0.2, 0) is 27.1 Å². The number of aliphatic hydroxyl groups is 5. The van der Waals surface area contributed by atoms with Gasteiger partial charge in [0, 0.05) is 74.0 Å². The molecule has 0 bridgehead atoms. The van der Waals surface area contributed by atoms with E-state index in [1.54, 1.807) is 25.3 Å². The van der Waals surface area contributed by atoms with Gasteiger partial charge in [0.2, 0.25) is 11.7 Å². The number of aryl methyl sites for hydroxylation is 1. The van der Waals surface area contributed by atoms with Crippen molar-refractivity contribution in [1.82, 2.24) is 10.6 Å². The van der Waals surface area contributed by atoms with Gasteiger partial charge < -0.3 is 70.1 Å². The van der Waals surface area contributed by atoms with Crippen LogP contribution < -0.4 is 24.8 Å². The number of aromatic hydroxyl groups is 2. The van der Waals surface area contributed by atoms with Crippen molar-refractivity contribution >= 4 is 27.5 Å². The molecule has 8 rings (SSSR count). The predicted octanol–water partition coefficient (Wildman–Crippen LogP) is 7.22. The number of aliphatic hydroxyl groups excluding tert-OH is 5. The van der Waals surface area contributed by atoms with Crippen molar-refractivity contribution in [3.8, 4) is 40.6 Å². The maximum Gasteiger partial charge on any atom is 0.220 e. The zero-order chi connectivity index (χ0) is 53.3. The number of carbonyl (C=O) groups excluding carboxylic acids is 1. The molecule has 4 fully saturated rings. The molecule has 15 nitrogen and oxygen atoms in total. The summed E-state index contributed by atoms with van der Waals surface area (Å²) < 4.78 is 29.2.